The molecule has 3 fully saturated rings. The lowest BCUT2D eigenvalue weighted by Crippen LogP contribution is -2.35. The van der Waals surface area contributed by atoms with Crippen molar-refractivity contribution in [2.24, 2.45) is 29.1 Å². The molecule has 0 radical (unpaired) electrons. The largest absolute Gasteiger partial charge is 0.274 e. The van der Waals surface area contributed by atoms with E-state index in [4.69, 9.17) is 11.6 Å². The highest BCUT2D eigenvalue weighted by Crippen LogP contribution is 2.79. The van der Waals surface area contributed by atoms with Crippen LogP contribution in [0, 0.1) is 29.1 Å². The molecule has 27 heavy (non-hydrogen) atoms. The summed E-state index contributed by atoms with van der Waals surface area (Å²) in [5.74, 6) is 0.301. The Labute approximate surface area is 162 Å². The zero-order valence-corrected chi connectivity index (χ0v) is 15.3. The molecule has 4 aliphatic rings. The molecule has 2 aromatic rings. The van der Waals surface area contributed by atoms with E-state index in [9.17, 15) is 9.59 Å². The summed E-state index contributed by atoms with van der Waals surface area (Å²) in [6, 6.07) is 17.5. The van der Waals surface area contributed by atoms with Gasteiger partial charge in [-0.25, -0.2) is 0 Å². The van der Waals surface area contributed by atoms with Crippen LogP contribution in [0.25, 0.3) is 0 Å². The second-order valence-corrected chi connectivity index (χ2v) is 8.69. The second kappa shape index (κ2) is 5.11. The van der Waals surface area contributed by atoms with Crippen molar-refractivity contribution in [3.8, 4) is 0 Å². The van der Waals surface area contributed by atoms with Crippen LogP contribution < -0.4 is 4.90 Å². The molecule has 4 heteroatoms. The van der Waals surface area contributed by atoms with E-state index in [0.717, 1.165) is 6.42 Å². The number of allylic oxidation sites excluding steroid dienone is 2. The first-order valence-electron chi connectivity index (χ1n) is 9.49. The molecule has 2 amide bonds. The van der Waals surface area contributed by atoms with Gasteiger partial charge in [-0.05, 0) is 59.4 Å². The van der Waals surface area contributed by atoms with Crippen LogP contribution in [0.4, 0.5) is 5.69 Å². The van der Waals surface area contributed by atoms with Crippen molar-refractivity contribution in [1.82, 2.24) is 0 Å². The molecule has 1 saturated heterocycles. The number of benzene rings is 2. The summed E-state index contributed by atoms with van der Waals surface area (Å²) in [6.45, 7) is 0. The third kappa shape index (κ3) is 1.83. The molecule has 0 N–H and O–H groups in total. The summed E-state index contributed by atoms with van der Waals surface area (Å²) >= 11 is 5.96. The zero-order valence-electron chi connectivity index (χ0n) is 14.6. The molecule has 1 unspecified atom stereocenters. The molecule has 2 aromatic carbocycles. The van der Waals surface area contributed by atoms with E-state index >= 15 is 0 Å². The van der Waals surface area contributed by atoms with Gasteiger partial charge in [-0.1, -0.05) is 54.1 Å². The maximum atomic E-state index is 13.3. The van der Waals surface area contributed by atoms with Gasteiger partial charge in [0.1, 0.15) is 0 Å². The Morgan fingerprint density at radius 2 is 1.44 bits per heavy atom. The van der Waals surface area contributed by atoms with Gasteiger partial charge in [0.15, 0.2) is 0 Å². The van der Waals surface area contributed by atoms with Crippen LogP contribution in [-0.4, -0.2) is 11.8 Å². The zero-order chi connectivity index (χ0) is 18.3. The Balaban J connectivity index is 1.36. The Kier molecular flexibility index (Phi) is 2.96. The smallest absolute Gasteiger partial charge is 0.238 e. The van der Waals surface area contributed by atoms with Gasteiger partial charge in [0.2, 0.25) is 11.8 Å². The number of carbonyl (C=O) groups is 2. The lowest BCUT2D eigenvalue weighted by Gasteiger charge is -2.23. The molecule has 6 atom stereocenters. The van der Waals surface area contributed by atoms with E-state index in [0.29, 0.717) is 16.6 Å². The first kappa shape index (κ1) is 15.6. The van der Waals surface area contributed by atoms with Crippen molar-refractivity contribution in [2.75, 3.05) is 4.90 Å². The minimum absolute atomic E-state index is 0.0396. The number of anilines is 1. The number of carbonyl (C=O) groups excluding carboxylic acids is 2. The highest BCUT2D eigenvalue weighted by molar-refractivity contribution is 6.30. The first-order valence-corrected chi connectivity index (χ1v) is 9.87. The summed E-state index contributed by atoms with van der Waals surface area (Å²) < 4.78 is 0. The standard InChI is InChI=1S/C23H18ClNO2/c24-14-6-8-15(9-7-14)25-21(26)19-16-10-11-17(20(19)22(25)27)23(16)12-18(23)13-4-2-1-3-5-13/h1-11,16-20H,12H2/t16-,17+,18-,19-,20-,23?/m1/s1. The van der Waals surface area contributed by atoms with Crippen molar-refractivity contribution in [3.05, 3.63) is 77.3 Å². The molecular formula is C23H18ClNO2. The molecule has 2 bridgehead atoms. The maximum absolute atomic E-state index is 13.3. The number of hydrogen-bond donors (Lipinski definition) is 0. The first-order chi connectivity index (χ1) is 13.1. The van der Waals surface area contributed by atoms with E-state index in [1.54, 1.807) is 24.3 Å². The van der Waals surface area contributed by atoms with Crippen LogP contribution in [0.15, 0.2) is 66.7 Å². The molecule has 6 rings (SSSR count). The van der Waals surface area contributed by atoms with E-state index in [2.05, 4.69) is 36.4 Å². The highest BCUT2D eigenvalue weighted by atomic mass is 35.5. The third-order valence-electron chi connectivity index (χ3n) is 7.27. The summed E-state index contributed by atoms with van der Waals surface area (Å²) in [7, 11) is 0. The van der Waals surface area contributed by atoms with Gasteiger partial charge in [0, 0.05) is 5.02 Å². The van der Waals surface area contributed by atoms with E-state index in [1.165, 1.54) is 10.5 Å². The second-order valence-electron chi connectivity index (χ2n) is 8.26. The van der Waals surface area contributed by atoms with Crippen molar-refractivity contribution >= 4 is 29.1 Å². The topological polar surface area (TPSA) is 37.4 Å². The van der Waals surface area contributed by atoms with Crippen molar-refractivity contribution < 1.29 is 9.59 Å². The maximum Gasteiger partial charge on any atom is 0.238 e. The Morgan fingerprint density at radius 3 is 2.04 bits per heavy atom. The predicted molar refractivity (Wildman–Crippen MR) is 103 cm³/mol. The monoisotopic (exact) mass is 375 g/mol. The van der Waals surface area contributed by atoms with E-state index in [1.807, 2.05) is 6.07 Å². The fourth-order valence-corrected chi connectivity index (χ4v) is 6.31. The van der Waals surface area contributed by atoms with Crippen LogP contribution >= 0.6 is 11.6 Å². The van der Waals surface area contributed by atoms with Crippen LogP contribution in [0.2, 0.25) is 5.02 Å². The number of rotatable bonds is 2. The molecule has 0 aromatic heterocycles. The van der Waals surface area contributed by atoms with Gasteiger partial charge in [0.05, 0.1) is 17.5 Å². The fourth-order valence-electron chi connectivity index (χ4n) is 6.19. The number of halogens is 1. The molecule has 1 heterocycles. The molecule has 3 aliphatic carbocycles. The average molecular weight is 376 g/mol. The Hall–Kier alpha value is -2.39. The predicted octanol–water partition coefficient (Wildman–Crippen LogP) is 4.44. The third-order valence-corrected chi connectivity index (χ3v) is 7.52. The van der Waals surface area contributed by atoms with Crippen molar-refractivity contribution in [2.45, 2.75) is 12.3 Å². The van der Waals surface area contributed by atoms with Gasteiger partial charge in [-0.2, -0.15) is 0 Å². The number of amides is 2. The summed E-state index contributed by atoms with van der Waals surface area (Å²) in [5, 5.41) is 0.599. The van der Waals surface area contributed by atoms with Crippen LogP contribution in [0.1, 0.15) is 17.9 Å². The minimum atomic E-state index is -0.211. The minimum Gasteiger partial charge on any atom is -0.274 e. The molecule has 2 saturated carbocycles. The quantitative estimate of drug-likeness (QED) is 0.575. The molecule has 3 nitrogen and oxygen atoms in total. The fraction of sp³-hybridized carbons (Fsp3) is 0.304. The average Bonchev–Trinajstić information content (AvgIpc) is 3.17. The van der Waals surface area contributed by atoms with Crippen LogP contribution in [0.5, 0.6) is 0 Å². The van der Waals surface area contributed by atoms with Crippen molar-refractivity contribution in [1.29, 1.82) is 0 Å². The lowest BCUT2D eigenvalue weighted by molar-refractivity contribution is -0.123. The summed E-state index contributed by atoms with van der Waals surface area (Å²) in [5.41, 5.74) is 2.05. The lowest BCUT2D eigenvalue weighted by atomic mass is 9.85. The Bertz CT molecular complexity index is 965. The van der Waals surface area contributed by atoms with Gasteiger partial charge < -0.3 is 0 Å². The molecule has 1 spiro atoms. The molecular weight excluding hydrogens is 358 g/mol. The van der Waals surface area contributed by atoms with E-state index in [-0.39, 0.29) is 40.9 Å². The summed E-state index contributed by atoms with van der Waals surface area (Å²) in [6.07, 6.45) is 5.50. The van der Waals surface area contributed by atoms with Gasteiger partial charge in [0.25, 0.3) is 0 Å². The van der Waals surface area contributed by atoms with Crippen LogP contribution in [0.3, 0.4) is 0 Å². The number of hydrogen-bond acceptors (Lipinski definition) is 2. The number of imide groups is 1. The number of fused-ring (bicyclic) bond motifs is 3. The van der Waals surface area contributed by atoms with Gasteiger partial charge in [-0.3, -0.25) is 14.5 Å². The molecule has 134 valence electrons. The van der Waals surface area contributed by atoms with Crippen molar-refractivity contribution in [3.63, 3.8) is 0 Å². The van der Waals surface area contributed by atoms with E-state index < -0.39 is 0 Å². The number of nitrogens with zero attached hydrogens (tertiary/aromatic N) is 1. The van der Waals surface area contributed by atoms with Crippen LogP contribution in [-0.2, 0) is 9.59 Å². The van der Waals surface area contributed by atoms with Gasteiger partial charge >= 0.3 is 0 Å². The SMILES string of the molecule is O=C1[C@H]2[C@H](C(=O)N1c1ccc(Cl)cc1)[C@@H]1C=C[C@H]2C12C[C@@H]2c1ccccc1. The normalized spacial score (nSPS) is 38.1. The van der Waals surface area contributed by atoms with Gasteiger partial charge in [-0.15, -0.1) is 0 Å². The highest BCUT2D eigenvalue weighted by Gasteiger charge is 2.77. The Morgan fingerprint density at radius 1 is 0.852 bits per heavy atom. The molecule has 1 aliphatic heterocycles. The summed E-state index contributed by atoms with van der Waals surface area (Å²) in [4.78, 5) is 27.9.